The van der Waals surface area contributed by atoms with Crippen LogP contribution in [-0.2, 0) is 32.6 Å². The lowest BCUT2D eigenvalue weighted by Crippen LogP contribution is -2.51. The lowest BCUT2D eigenvalue weighted by molar-refractivity contribution is -0.134. The van der Waals surface area contributed by atoms with Gasteiger partial charge in [0.25, 0.3) is 0 Å². The van der Waals surface area contributed by atoms with E-state index in [1.807, 2.05) is 17.0 Å². The number of hydrogen-bond acceptors (Lipinski definition) is 7. The molecule has 2 saturated heterocycles. The topological polar surface area (TPSA) is 99.3 Å². The summed E-state index contributed by atoms with van der Waals surface area (Å²) in [5.41, 5.74) is 1.97. The Bertz CT molecular complexity index is 1370. The summed E-state index contributed by atoms with van der Waals surface area (Å²) in [5, 5.41) is 3.53. The quantitative estimate of drug-likeness (QED) is 0.471. The first kappa shape index (κ1) is 29.8. The van der Waals surface area contributed by atoms with Crippen LogP contribution in [0.15, 0.2) is 47.4 Å². The number of likely N-dealkylation sites (tertiary alicyclic amines) is 1. The Balaban J connectivity index is 1.08. The van der Waals surface area contributed by atoms with Crippen molar-refractivity contribution < 1.29 is 22.7 Å². The average Bonchev–Trinajstić information content (AvgIpc) is 3.66. The Labute approximate surface area is 247 Å². The molecule has 11 heteroatoms. The molecule has 2 amide bonds. The number of sulfone groups is 1. The van der Waals surface area contributed by atoms with Gasteiger partial charge in [-0.25, -0.2) is 8.42 Å². The second kappa shape index (κ2) is 12.3. The minimum Gasteiger partial charge on any atom is -0.489 e. The van der Waals surface area contributed by atoms with Crippen LogP contribution in [0.2, 0.25) is 5.02 Å². The van der Waals surface area contributed by atoms with E-state index >= 15 is 0 Å². The average molecular weight is 603 g/mol. The van der Waals surface area contributed by atoms with E-state index in [1.54, 1.807) is 30.3 Å². The molecular formula is C30H39ClN4O5S. The maximum Gasteiger partial charge on any atom is 0.242 e. The molecule has 1 spiro atoms. The maximum atomic E-state index is 12.8. The van der Waals surface area contributed by atoms with Crippen LogP contribution in [0.25, 0.3) is 0 Å². The van der Waals surface area contributed by atoms with Gasteiger partial charge >= 0.3 is 0 Å². The fourth-order valence-corrected chi connectivity index (χ4v) is 6.76. The maximum absolute atomic E-state index is 12.8. The van der Waals surface area contributed by atoms with E-state index < -0.39 is 9.84 Å². The molecule has 2 heterocycles. The molecule has 3 aliphatic rings. The van der Waals surface area contributed by atoms with Crippen molar-refractivity contribution in [1.29, 1.82) is 0 Å². The van der Waals surface area contributed by atoms with E-state index in [-0.39, 0.29) is 34.6 Å². The van der Waals surface area contributed by atoms with E-state index in [1.165, 1.54) is 6.26 Å². The molecule has 222 valence electrons. The largest absolute Gasteiger partial charge is 0.489 e. The predicted octanol–water partition coefficient (Wildman–Crippen LogP) is 2.81. The van der Waals surface area contributed by atoms with Gasteiger partial charge in [0.05, 0.1) is 11.4 Å². The summed E-state index contributed by atoms with van der Waals surface area (Å²) in [4.78, 5) is 32.2. The van der Waals surface area contributed by atoms with Crippen LogP contribution < -0.4 is 10.1 Å². The molecule has 41 heavy (non-hydrogen) atoms. The van der Waals surface area contributed by atoms with Crippen molar-refractivity contribution in [2.45, 2.75) is 37.3 Å². The third kappa shape index (κ3) is 7.41. The molecule has 1 saturated carbocycles. The molecule has 2 aromatic carbocycles. The zero-order valence-corrected chi connectivity index (χ0v) is 25.3. The molecule has 0 bridgehead atoms. The monoisotopic (exact) mass is 602 g/mol. The predicted molar refractivity (Wildman–Crippen MR) is 157 cm³/mol. The van der Waals surface area contributed by atoms with Crippen molar-refractivity contribution >= 4 is 33.3 Å². The first-order chi connectivity index (χ1) is 19.5. The lowest BCUT2D eigenvalue weighted by Gasteiger charge is -2.35. The third-order valence-electron chi connectivity index (χ3n) is 8.79. The number of carbonyl (C=O) groups excluding carboxylic acids is 2. The summed E-state index contributed by atoms with van der Waals surface area (Å²) >= 11 is 6.30. The summed E-state index contributed by atoms with van der Waals surface area (Å²) in [7, 11) is -1.12. The number of amides is 2. The first-order valence-electron chi connectivity index (χ1n) is 14.2. The summed E-state index contributed by atoms with van der Waals surface area (Å²) in [6.45, 7) is 5.66. The zero-order chi connectivity index (χ0) is 29.2. The number of carbonyl (C=O) groups is 2. The number of piperidine rings is 1. The van der Waals surface area contributed by atoms with Crippen molar-refractivity contribution in [3.8, 4) is 5.75 Å². The van der Waals surface area contributed by atoms with Crippen LogP contribution in [0.3, 0.4) is 0 Å². The normalized spacial score (nSPS) is 21.0. The SMILES string of the molecule is CN1CCC2(CC1)CC2C(=O)NCC(=O)N1CCN(Cc2cc(Cl)ccc2OCc2ccc(S(C)(=O)=O)cc2)CC1. The molecule has 2 aromatic rings. The fraction of sp³-hybridized carbons (Fsp3) is 0.533. The number of ether oxygens (including phenoxy) is 1. The van der Waals surface area contributed by atoms with E-state index in [0.717, 1.165) is 43.5 Å². The van der Waals surface area contributed by atoms with Gasteiger partial charge in [-0.05, 0) is 80.7 Å². The van der Waals surface area contributed by atoms with Gasteiger partial charge < -0.3 is 19.9 Å². The van der Waals surface area contributed by atoms with Crippen LogP contribution in [-0.4, -0.2) is 94.0 Å². The first-order valence-corrected chi connectivity index (χ1v) is 16.5. The van der Waals surface area contributed by atoms with Gasteiger partial charge in [-0.1, -0.05) is 23.7 Å². The molecule has 0 radical (unpaired) electrons. The van der Waals surface area contributed by atoms with Gasteiger partial charge in [0.15, 0.2) is 9.84 Å². The van der Waals surface area contributed by atoms with Crippen LogP contribution in [0.4, 0.5) is 0 Å². The molecule has 5 rings (SSSR count). The Morgan fingerprint density at radius 2 is 1.71 bits per heavy atom. The molecule has 1 N–H and O–H groups in total. The summed E-state index contributed by atoms with van der Waals surface area (Å²) < 4.78 is 29.5. The van der Waals surface area contributed by atoms with Crippen molar-refractivity contribution in [2.24, 2.45) is 11.3 Å². The minimum atomic E-state index is -3.24. The highest BCUT2D eigenvalue weighted by atomic mass is 35.5. The second-order valence-electron chi connectivity index (χ2n) is 11.8. The Hall–Kier alpha value is -2.66. The second-order valence-corrected chi connectivity index (χ2v) is 14.2. The lowest BCUT2D eigenvalue weighted by atomic mass is 9.91. The summed E-state index contributed by atoms with van der Waals surface area (Å²) in [6.07, 6.45) is 4.26. The molecule has 1 atom stereocenters. The Morgan fingerprint density at radius 3 is 2.37 bits per heavy atom. The van der Waals surface area contributed by atoms with Crippen molar-refractivity contribution in [1.82, 2.24) is 20.0 Å². The number of nitrogens with zero attached hydrogens (tertiary/aromatic N) is 3. The van der Waals surface area contributed by atoms with Gasteiger partial charge in [0.1, 0.15) is 12.4 Å². The summed E-state index contributed by atoms with van der Waals surface area (Å²) in [5.74, 6) is 0.762. The standard InChI is InChI=1S/C30H39ClN4O5S/c1-33-11-9-30(10-12-33)18-26(30)29(37)32-19-28(36)35-15-13-34(14-16-35)20-23-17-24(31)5-8-27(23)40-21-22-3-6-25(7-4-22)41(2,38)39/h3-8,17,26H,9-16,18-21H2,1-2H3,(H,32,37). The number of piperazine rings is 1. The smallest absolute Gasteiger partial charge is 0.242 e. The summed E-state index contributed by atoms with van der Waals surface area (Å²) in [6, 6.07) is 12.2. The van der Waals surface area contributed by atoms with Crippen LogP contribution in [0, 0.1) is 11.3 Å². The molecule has 1 unspecified atom stereocenters. The molecule has 0 aromatic heterocycles. The molecule has 1 aliphatic carbocycles. The van der Waals surface area contributed by atoms with E-state index in [0.29, 0.717) is 50.1 Å². The van der Waals surface area contributed by atoms with Gasteiger partial charge in [0, 0.05) is 55.5 Å². The van der Waals surface area contributed by atoms with Gasteiger partial charge in [-0.15, -0.1) is 0 Å². The minimum absolute atomic E-state index is 0.0290. The van der Waals surface area contributed by atoms with Crippen LogP contribution in [0.5, 0.6) is 5.75 Å². The van der Waals surface area contributed by atoms with Crippen molar-refractivity contribution in [3.63, 3.8) is 0 Å². The Morgan fingerprint density at radius 1 is 1.02 bits per heavy atom. The van der Waals surface area contributed by atoms with E-state index in [4.69, 9.17) is 16.3 Å². The zero-order valence-electron chi connectivity index (χ0n) is 23.8. The number of benzene rings is 2. The third-order valence-corrected chi connectivity index (χ3v) is 10.2. The van der Waals surface area contributed by atoms with Crippen LogP contribution in [0.1, 0.15) is 30.4 Å². The number of nitrogens with one attached hydrogen (secondary N) is 1. The molecule has 3 fully saturated rings. The van der Waals surface area contributed by atoms with Crippen molar-refractivity contribution in [3.05, 3.63) is 58.6 Å². The molecular weight excluding hydrogens is 564 g/mol. The van der Waals surface area contributed by atoms with Gasteiger partial charge in [0.2, 0.25) is 11.8 Å². The number of rotatable bonds is 9. The molecule has 2 aliphatic heterocycles. The van der Waals surface area contributed by atoms with Crippen molar-refractivity contribution in [2.75, 3.05) is 59.1 Å². The molecule has 9 nitrogen and oxygen atoms in total. The highest BCUT2D eigenvalue weighted by Crippen LogP contribution is 2.59. The highest BCUT2D eigenvalue weighted by Gasteiger charge is 2.58. The fourth-order valence-electron chi connectivity index (χ4n) is 5.94. The van der Waals surface area contributed by atoms with Gasteiger partial charge in [-0.2, -0.15) is 0 Å². The number of hydrogen-bond donors (Lipinski definition) is 1. The highest BCUT2D eigenvalue weighted by molar-refractivity contribution is 7.90. The Kier molecular flexibility index (Phi) is 8.94. The number of halogens is 1. The van der Waals surface area contributed by atoms with E-state index in [9.17, 15) is 18.0 Å². The van der Waals surface area contributed by atoms with E-state index in [2.05, 4.69) is 22.2 Å². The van der Waals surface area contributed by atoms with Gasteiger partial charge in [-0.3, -0.25) is 14.5 Å². The van der Waals surface area contributed by atoms with Crippen LogP contribution >= 0.6 is 11.6 Å².